The molecule has 1 aromatic rings. The van der Waals surface area contributed by atoms with Gasteiger partial charge in [0.1, 0.15) is 0 Å². The first kappa shape index (κ1) is 13.0. The third-order valence-corrected chi connectivity index (χ3v) is 2.51. The highest BCUT2D eigenvalue weighted by Crippen LogP contribution is 2.23. The maximum absolute atomic E-state index is 11.4. The number of halogens is 1. The van der Waals surface area contributed by atoms with Gasteiger partial charge in [-0.3, -0.25) is 0 Å². The van der Waals surface area contributed by atoms with Gasteiger partial charge in [-0.1, -0.05) is 43.1 Å². The predicted molar refractivity (Wildman–Crippen MR) is 62.3 cm³/mol. The molecule has 0 radical (unpaired) electrons. The van der Waals surface area contributed by atoms with E-state index in [9.17, 15) is 9.90 Å². The number of unbranched alkanes of at least 4 members (excludes halogenated alkanes) is 1. The second-order valence-electron chi connectivity index (χ2n) is 3.45. The van der Waals surface area contributed by atoms with Crippen molar-refractivity contribution >= 4 is 17.6 Å². The molecule has 0 saturated carbocycles. The first-order valence-electron chi connectivity index (χ1n) is 5.26. The molecule has 0 saturated heterocycles. The van der Waals surface area contributed by atoms with Crippen molar-refractivity contribution in [3.63, 3.8) is 0 Å². The molecule has 0 unspecified atom stereocenters. The predicted octanol–water partition coefficient (Wildman–Crippen LogP) is 2.72. The van der Waals surface area contributed by atoms with Crippen LogP contribution in [0.3, 0.4) is 0 Å². The molecule has 0 aliphatic carbocycles. The molecule has 0 bridgehead atoms. The van der Waals surface area contributed by atoms with Crippen molar-refractivity contribution in [1.82, 2.24) is 0 Å². The molecule has 1 N–H and O–H groups in total. The number of rotatable bonds is 5. The van der Waals surface area contributed by atoms with E-state index in [-0.39, 0.29) is 0 Å². The minimum atomic E-state index is -1.30. The van der Waals surface area contributed by atoms with Crippen LogP contribution in [0.15, 0.2) is 24.3 Å². The summed E-state index contributed by atoms with van der Waals surface area (Å²) in [6.45, 7) is 2.33. The van der Waals surface area contributed by atoms with Crippen molar-refractivity contribution in [1.29, 1.82) is 0 Å². The SMILES string of the molecule is CCCCOC(=O)[C@@H](O)c1ccccc1Cl. The molecule has 0 amide bonds. The molecule has 0 spiro atoms. The van der Waals surface area contributed by atoms with Crippen LogP contribution in [-0.2, 0) is 9.53 Å². The Morgan fingerprint density at radius 1 is 1.50 bits per heavy atom. The number of carbonyl (C=O) groups excluding carboxylic acids is 1. The summed E-state index contributed by atoms with van der Waals surface area (Å²) in [6, 6.07) is 6.68. The Hall–Kier alpha value is -1.06. The number of hydrogen-bond donors (Lipinski definition) is 1. The standard InChI is InChI=1S/C12H15ClO3/c1-2-3-8-16-12(15)11(14)9-6-4-5-7-10(9)13/h4-7,11,14H,2-3,8H2,1H3/t11-/m0/s1. The topological polar surface area (TPSA) is 46.5 Å². The Balaban J connectivity index is 2.60. The lowest BCUT2D eigenvalue weighted by molar-refractivity contribution is -0.154. The maximum atomic E-state index is 11.4. The molecule has 4 heteroatoms. The van der Waals surface area contributed by atoms with Crippen LogP contribution in [0.25, 0.3) is 0 Å². The number of carbonyl (C=O) groups is 1. The quantitative estimate of drug-likeness (QED) is 0.638. The van der Waals surface area contributed by atoms with Crippen molar-refractivity contribution in [2.24, 2.45) is 0 Å². The molecular weight excluding hydrogens is 228 g/mol. The van der Waals surface area contributed by atoms with Crippen LogP contribution in [0.1, 0.15) is 31.4 Å². The average Bonchev–Trinajstić information content (AvgIpc) is 2.29. The smallest absolute Gasteiger partial charge is 0.339 e. The molecule has 1 rings (SSSR count). The van der Waals surface area contributed by atoms with E-state index in [0.717, 1.165) is 12.8 Å². The third kappa shape index (κ3) is 3.51. The second kappa shape index (κ2) is 6.51. The van der Waals surface area contributed by atoms with Gasteiger partial charge in [-0.2, -0.15) is 0 Å². The fourth-order valence-electron chi connectivity index (χ4n) is 1.22. The van der Waals surface area contributed by atoms with Crippen LogP contribution in [0, 0.1) is 0 Å². The molecular formula is C12H15ClO3. The largest absolute Gasteiger partial charge is 0.464 e. The Morgan fingerprint density at radius 3 is 2.81 bits per heavy atom. The van der Waals surface area contributed by atoms with E-state index in [0.29, 0.717) is 17.2 Å². The van der Waals surface area contributed by atoms with Gasteiger partial charge in [0, 0.05) is 10.6 Å². The van der Waals surface area contributed by atoms with Gasteiger partial charge in [0.05, 0.1) is 6.61 Å². The molecule has 0 aliphatic rings. The van der Waals surface area contributed by atoms with E-state index in [2.05, 4.69) is 0 Å². The lowest BCUT2D eigenvalue weighted by atomic mass is 10.1. The minimum absolute atomic E-state index is 0.330. The van der Waals surface area contributed by atoms with Crippen molar-refractivity contribution < 1.29 is 14.6 Å². The number of hydrogen-bond acceptors (Lipinski definition) is 3. The van der Waals surface area contributed by atoms with Crippen LogP contribution in [-0.4, -0.2) is 17.7 Å². The Morgan fingerprint density at radius 2 is 2.19 bits per heavy atom. The summed E-state index contributed by atoms with van der Waals surface area (Å²) in [6.07, 6.45) is 0.432. The van der Waals surface area contributed by atoms with Crippen molar-refractivity contribution in [2.45, 2.75) is 25.9 Å². The zero-order chi connectivity index (χ0) is 12.0. The normalized spacial score (nSPS) is 12.2. The summed E-state index contributed by atoms with van der Waals surface area (Å²) in [5.41, 5.74) is 0.380. The zero-order valence-corrected chi connectivity index (χ0v) is 9.91. The van der Waals surface area contributed by atoms with Gasteiger partial charge in [-0.05, 0) is 12.5 Å². The van der Waals surface area contributed by atoms with E-state index in [1.807, 2.05) is 6.92 Å². The van der Waals surface area contributed by atoms with Gasteiger partial charge >= 0.3 is 5.97 Å². The number of esters is 1. The highest BCUT2D eigenvalue weighted by Gasteiger charge is 2.20. The van der Waals surface area contributed by atoms with Crippen molar-refractivity contribution in [3.8, 4) is 0 Å². The van der Waals surface area contributed by atoms with E-state index in [1.54, 1.807) is 24.3 Å². The monoisotopic (exact) mass is 242 g/mol. The molecule has 1 atom stereocenters. The summed E-state index contributed by atoms with van der Waals surface area (Å²) in [4.78, 5) is 11.4. The molecule has 0 heterocycles. The van der Waals surface area contributed by atoms with E-state index in [4.69, 9.17) is 16.3 Å². The van der Waals surface area contributed by atoms with E-state index >= 15 is 0 Å². The van der Waals surface area contributed by atoms with Crippen LogP contribution < -0.4 is 0 Å². The summed E-state index contributed by atoms with van der Waals surface area (Å²) in [7, 11) is 0. The number of aliphatic hydroxyl groups is 1. The van der Waals surface area contributed by atoms with Gasteiger partial charge in [-0.15, -0.1) is 0 Å². The lowest BCUT2D eigenvalue weighted by Crippen LogP contribution is -2.16. The van der Waals surface area contributed by atoms with Crippen LogP contribution in [0.4, 0.5) is 0 Å². The molecule has 1 aromatic carbocycles. The van der Waals surface area contributed by atoms with Crippen molar-refractivity contribution in [2.75, 3.05) is 6.61 Å². The summed E-state index contributed by atoms with van der Waals surface area (Å²) in [5, 5.41) is 10.1. The minimum Gasteiger partial charge on any atom is -0.464 e. The fraction of sp³-hybridized carbons (Fsp3) is 0.417. The molecule has 88 valence electrons. The highest BCUT2D eigenvalue weighted by atomic mass is 35.5. The van der Waals surface area contributed by atoms with Gasteiger partial charge in [0.2, 0.25) is 0 Å². The van der Waals surface area contributed by atoms with E-state index < -0.39 is 12.1 Å². The van der Waals surface area contributed by atoms with Gasteiger partial charge < -0.3 is 9.84 Å². The zero-order valence-electron chi connectivity index (χ0n) is 9.15. The molecule has 0 aromatic heterocycles. The number of ether oxygens (including phenoxy) is 1. The first-order chi connectivity index (χ1) is 7.66. The van der Waals surface area contributed by atoms with Crippen molar-refractivity contribution in [3.05, 3.63) is 34.9 Å². The summed E-state index contributed by atoms with van der Waals surface area (Å²) in [5.74, 6) is -0.651. The molecule has 16 heavy (non-hydrogen) atoms. The third-order valence-electron chi connectivity index (χ3n) is 2.17. The second-order valence-corrected chi connectivity index (χ2v) is 3.85. The van der Waals surface area contributed by atoms with Gasteiger partial charge in [0.25, 0.3) is 0 Å². The highest BCUT2D eigenvalue weighted by molar-refractivity contribution is 6.31. The maximum Gasteiger partial charge on any atom is 0.339 e. The molecule has 0 fully saturated rings. The Labute approximate surface area is 100.0 Å². The number of benzene rings is 1. The molecule has 3 nitrogen and oxygen atoms in total. The van der Waals surface area contributed by atoms with Crippen LogP contribution in [0.2, 0.25) is 5.02 Å². The van der Waals surface area contributed by atoms with Gasteiger partial charge in [-0.25, -0.2) is 4.79 Å². The average molecular weight is 243 g/mol. The Kier molecular flexibility index (Phi) is 5.29. The number of aliphatic hydroxyl groups excluding tert-OH is 1. The molecule has 0 aliphatic heterocycles. The van der Waals surface area contributed by atoms with Crippen LogP contribution >= 0.6 is 11.6 Å². The lowest BCUT2D eigenvalue weighted by Gasteiger charge is -2.11. The Bertz CT molecular complexity index is 352. The summed E-state index contributed by atoms with van der Waals surface area (Å²) >= 11 is 5.86. The fourth-order valence-corrected chi connectivity index (χ4v) is 1.46. The summed E-state index contributed by atoms with van der Waals surface area (Å²) < 4.78 is 4.91. The van der Waals surface area contributed by atoms with E-state index in [1.165, 1.54) is 0 Å². The van der Waals surface area contributed by atoms with Gasteiger partial charge in [0.15, 0.2) is 6.10 Å². The first-order valence-corrected chi connectivity index (χ1v) is 5.63. The van der Waals surface area contributed by atoms with Crippen LogP contribution in [0.5, 0.6) is 0 Å².